The Hall–Kier alpha value is -2.42. The third kappa shape index (κ3) is 2.63. The molecule has 0 aliphatic carbocycles. The third-order valence-electron chi connectivity index (χ3n) is 2.54. The van der Waals surface area contributed by atoms with Crippen molar-refractivity contribution in [1.82, 2.24) is 0 Å². The van der Waals surface area contributed by atoms with E-state index >= 15 is 0 Å². The first kappa shape index (κ1) is 12.0. The monoisotopic (exact) mass is 242 g/mol. The molecule has 18 heavy (non-hydrogen) atoms. The van der Waals surface area contributed by atoms with Crippen molar-refractivity contribution in [3.05, 3.63) is 53.6 Å². The molecule has 0 saturated heterocycles. The van der Waals surface area contributed by atoms with Crippen molar-refractivity contribution in [2.24, 2.45) is 0 Å². The van der Waals surface area contributed by atoms with Gasteiger partial charge in [-0.2, -0.15) is 0 Å². The highest BCUT2D eigenvalue weighted by Gasteiger charge is 2.08. The van der Waals surface area contributed by atoms with Crippen molar-refractivity contribution in [2.45, 2.75) is 0 Å². The average molecular weight is 242 g/mol. The normalized spacial score (nSPS) is 10.7. The zero-order valence-corrected chi connectivity index (χ0v) is 10.00. The van der Waals surface area contributed by atoms with Crippen molar-refractivity contribution in [3.63, 3.8) is 0 Å². The second kappa shape index (κ2) is 5.27. The first-order valence-electron chi connectivity index (χ1n) is 5.54. The Labute approximate surface area is 106 Å². The molecular weight excluding hydrogens is 228 g/mol. The highest BCUT2D eigenvalue weighted by molar-refractivity contribution is 5.75. The van der Waals surface area contributed by atoms with Crippen LogP contribution in [0.4, 0.5) is 0 Å². The van der Waals surface area contributed by atoms with Gasteiger partial charge in [-0.25, -0.2) is 0 Å². The fourth-order valence-corrected chi connectivity index (χ4v) is 1.72. The topological polar surface area (TPSA) is 49.7 Å². The Morgan fingerprint density at radius 1 is 1.00 bits per heavy atom. The van der Waals surface area contributed by atoms with Gasteiger partial charge in [0, 0.05) is 11.6 Å². The lowest BCUT2D eigenvalue weighted by atomic mass is 10.1. The van der Waals surface area contributed by atoms with E-state index in [0.29, 0.717) is 11.3 Å². The molecule has 2 rings (SSSR count). The molecule has 2 aromatic carbocycles. The summed E-state index contributed by atoms with van der Waals surface area (Å²) in [6, 6.07) is 12.5. The summed E-state index contributed by atoms with van der Waals surface area (Å²) in [6.45, 7) is 0. The molecular formula is C15H14O3. The second-order valence-corrected chi connectivity index (χ2v) is 3.83. The zero-order chi connectivity index (χ0) is 13.0. The Kier molecular flexibility index (Phi) is 3.53. The van der Waals surface area contributed by atoms with Gasteiger partial charge >= 0.3 is 0 Å². The fraction of sp³-hybridized carbons (Fsp3) is 0.0667. The van der Waals surface area contributed by atoms with Crippen LogP contribution in [0.5, 0.6) is 17.2 Å². The molecule has 0 saturated carbocycles. The summed E-state index contributed by atoms with van der Waals surface area (Å²) in [7, 11) is 1.48. The van der Waals surface area contributed by atoms with E-state index in [1.165, 1.54) is 19.2 Å². The van der Waals surface area contributed by atoms with Gasteiger partial charge in [0.05, 0.1) is 7.11 Å². The van der Waals surface area contributed by atoms with E-state index in [9.17, 15) is 10.2 Å². The summed E-state index contributed by atoms with van der Waals surface area (Å²) in [5, 5.41) is 19.1. The van der Waals surface area contributed by atoms with E-state index < -0.39 is 0 Å². The van der Waals surface area contributed by atoms with Crippen LogP contribution >= 0.6 is 0 Å². The molecule has 0 spiro atoms. The summed E-state index contributed by atoms with van der Waals surface area (Å²) in [4.78, 5) is 0. The van der Waals surface area contributed by atoms with Gasteiger partial charge in [0.25, 0.3) is 0 Å². The van der Waals surface area contributed by atoms with E-state index in [0.717, 1.165) is 5.56 Å². The predicted octanol–water partition coefficient (Wildman–Crippen LogP) is 3.28. The lowest BCUT2D eigenvalue weighted by Gasteiger charge is -2.07. The predicted molar refractivity (Wildman–Crippen MR) is 71.7 cm³/mol. The summed E-state index contributed by atoms with van der Waals surface area (Å²) in [6.07, 6.45) is 3.67. The van der Waals surface area contributed by atoms with Crippen LogP contribution in [-0.4, -0.2) is 17.3 Å². The number of rotatable bonds is 3. The minimum Gasteiger partial charge on any atom is -0.508 e. The Morgan fingerprint density at radius 2 is 1.72 bits per heavy atom. The number of aromatic hydroxyl groups is 2. The lowest BCUT2D eigenvalue weighted by molar-refractivity contribution is 0.369. The fourth-order valence-electron chi connectivity index (χ4n) is 1.72. The van der Waals surface area contributed by atoms with Crippen LogP contribution in [0.1, 0.15) is 11.1 Å². The van der Waals surface area contributed by atoms with E-state index in [1.807, 2.05) is 36.4 Å². The highest BCUT2D eigenvalue weighted by atomic mass is 16.5. The maximum absolute atomic E-state index is 9.65. The number of phenolic OH excluding ortho intramolecular Hbond substituents is 2. The maximum atomic E-state index is 9.65. The first-order valence-corrected chi connectivity index (χ1v) is 5.54. The molecule has 0 fully saturated rings. The maximum Gasteiger partial charge on any atom is 0.167 e. The molecule has 2 N–H and O–H groups in total. The number of hydrogen-bond acceptors (Lipinski definition) is 3. The van der Waals surface area contributed by atoms with Crippen LogP contribution in [0.3, 0.4) is 0 Å². The molecule has 0 aromatic heterocycles. The van der Waals surface area contributed by atoms with Crippen LogP contribution in [0.25, 0.3) is 12.2 Å². The number of hydrogen-bond donors (Lipinski definition) is 2. The van der Waals surface area contributed by atoms with Crippen molar-refractivity contribution in [1.29, 1.82) is 0 Å². The number of phenols is 2. The molecule has 0 heterocycles. The van der Waals surface area contributed by atoms with Gasteiger partial charge in [0.15, 0.2) is 11.5 Å². The zero-order valence-electron chi connectivity index (χ0n) is 10.00. The standard InChI is InChI=1S/C15H14O3/c1-18-15-12(9-13(16)10-14(15)17)8-7-11-5-3-2-4-6-11/h2-10,16-17H,1H3/b8-7+. The number of ether oxygens (including phenoxy) is 1. The molecule has 3 heteroatoms. The second-order valence-electron chi connectivity index (χ2n) is 3.83. The molecule has 0 amide bonds. The van der Waals surface area contributed by atoms with Crippen molar-refractivity contribution >= 4 is 12.2 Å². The van der Waals surface area contributed by atoms with Gasteiger partial charge in [0.1, 0.15) is 5.75 Å². The Bertz CT molecular complexity index is 559. The van der Waals surface area contributed by atoms with Gasteiger partial charge in [-0.05, 0) is 11.6 Å². The van der Waals surface area contributed by atoms with E-state index in [4.69, 9.17) is 4.74 Å². The quantitative estimate of drug-likeness (QED) is 0.812. The minimum atomic E-state index is -0.0785. The van der Waals surface area contributed by atoms with Crippen LogP contribution in [0, 0.1) is 0 Å². The average Bonchev–Trinajstić information content (AvgIpc) is 2.37. The largest absolute Gasteiger partial charge is 0.508 e. The molecule has 0 aliphatic heterocycles. The molecule has 3 nitrogen and oxygen atoms in total. The van der Waals surface area contributed by atoms with Gasteiger partial charge in [-0.1, -0.05) is 42.5 Å². The molecule has 0 unspecified atom stereocenters. The summed E-state index contributed by atoms with van der Waals surface area (Å²) >= 11 is 0. The van der Waals surface area contributed by atoms with Crippen LogP contribution in [0.15, 0.2) is 42.5 Å². The van der Waals surface area contributed by atoms with Crippen molar-refractivity contribution < 1.29 is 14.9 Å². The van der Waals surface area contributed by atoms with Crippen molar-refractivity contribution in [3.8, 4) is 17.2 Å². The molecule has 0 atom stereocenters. The van der Waals surface area contributed by atoms with E-state index in [1.54, 1.807) is 6.08 Å². The van der Waals surface area contributed by atoms with Gasteiger partial charge in [-0.3, -0.25) is 0 Å². The smallest absolute Gasteiger partial charge is 0.167 e. The van der Waals surface area contributed by atoms with E-state index in [2.05, 4.69) is 0 Å². The first-order chi connectivity index (χ1) is 8.70. The molecule has 2 aromatic rings. The SMILES string of the molecule is COc1c(O)cc(O)cc1/C=C/c1ccccc1. The van der Waals surface area contributed by atoms with Crippen LogP contribution in [-0.2, 0) is 0 Å². The van der Waals surface area contributed by atoms with Crippen LogP contribution < -0.4 is 4.74 Å². The number of methoxy groups -OCH3 is 1. The van der Waals surface area contributed by atoms with Crippen LogP contribution in [0.2, 0.25) is 0 Å². The number of benzene rings is 2. The lowest BCUT2D eigenvalue weighted by Crippen LogP contribution is -1.87. The summed E-state index contributed by atoms with van der Waals surface area (Å²) < 4.78 is 5.11. The summed E-state index contributed by atoms with van der Waals surface area (Å²) in [5.74, 6) is 0.270. The van der Waals surface area contributed by atoms with Crippen molar-refractivity contribution in [2.75, 3.05) is 7.11 Å². The van der Waals surface area contributed by atoms with Gasteiger partial charge in [-0.15, -0.1) is 0 Å². The Morgan fingerprint density at radius 3 is 2.39 bits per heavy atom. The van der Waals surface area contributed by atoms with Gasteiger partial charge in [0.2, 0.25) is 0 Å². The van der Waals surface area contributed by atoms with Gasteiger partial charge < -0.3 is 14.9 Å². The molecule has 0 bridgehead atoms. The third-order valence-corrected chi connectivity index (χ3v) is 2.54. The molecule has 0 radical (unpaired) electrons. The molecule has 92 valence electrons. The summed E-state index contributed by atoms with van der Waals surface area (Å²) in [5.41, 5.74) is 1.65. The Balaban J connectivity index is 2.37. The van der Waals surface area contributed by atoms with E-state index in [-0.39, 0.29) is 11.5 Å². The highest BCUT2D eigenvalue weighted by Crippen LogP contribution is 2.35. The molecule has 0 aliphatic rings. The minimum absolute atomic E-state index is 0.000937.